The molecule has 1 N–H and O–H groups in total. The number of nitrogens with zero attached hydrogens (tertiary/aromatic N) is 1. The van der Waals surface area contributed by atoms with Crippen LogP contribution in [0, 0.1) is 18.7 Å². The Morgan fingerprint density at radius 2 is 2.15 bits per heavy atom. The molecule has 0 spiro atoms. The fourth-order valence-corrected chi connectivity index (χ4v) is 2.32. The van der Waals surface area contributed by atoms with Gasteiger partial charge in [-0.05, 0) is 50.6 Å². The molecule has 2 rings (SSSR count). The molecule has 1 heterocycles. The van der Waals surface area contributed by atoms with E-state index in [9.17, 15) is 14.0 Å². The maximum Gasteiger partial charge on any atom is 0.238 e. The quantitative estimate of drug-likeness (QED) is 0.857. The van der Waals surface area contributed by atoms with Crippen LogP contribution in [0.2, 0.25) is 0 Å². The van der Waals surface area contributed by atoms with E-state index in [0.29, 0.717) is 11.3 Å². The van der Waals surface area contributed by atoms with E-state index >= 15 is 0 Å². The number of hydrogen-bond acceptors (Lipinski definition) is 3. The van der Waals surface area contributed by atoms with Gasteiger partial charge < -0.3 is 10.1 Å². The number of benzene rings is 1. The van der Waals surface area contributed by atoms with E-state index < -0.39 is 0 Å². The predicted octanol–water partition coefficient (Wildman–Crippen LogP) is 1.98. The number of aryl methyl sites for hydroxylation is 1. The first-order valence-electron chi connectivity index (χ1n) is 6.82. The summed E-state index contributed by atoms with van der Waals surface area (Å²) in [4.78, 5) is 24.6. The van der Waals surface area contributed by atoms with Crippen molar-refractivity contribution in [2.24, 2.45) is 5.92 Å². The maximum atomic E-state index is 13.4. The van der Waals surface area contributed by atoms with Gasteiger partial charge in [-0.2, -0.15) is 0 Å². The molecule has 0 bridgehead atoms. The third kappa shape index (κ3) is 3.87. The second-order valence-electron chi connectivity index (χ2n) is 5.26. The van der Waals surface area contributed by atoms with Crippen LogP contribution in [-0.2, 0) is 9.59 Å². The number of likely N-dealkylation sites (tertiary alicyclic amines) is 1. The lowest BCUT2D eigenvalue weighted by Gasteiger charge is -2.28. The van der Waals surface area contributed by atoms with Crippen LogP contribution in [0.5, 0.6) is 0 Å². The SMILES string of the molecule is Cc1ccc(NC(=O)CN2CCC(C=O)CC2)cc1F. The van der Waals surface area contributed by atoms with Gasteiger partial charge in [0.05, 0.1) is 6.54 Å². The molecule has 5 heteroatoms. The smallest absolute Gasteiger partial charge is 0.238 e. The molecule has 0 atom stereocenters. The Labute approximate surface area is 118 Å². The molecule has 0 radical (unpaired) electrons. The number of carbonyl (C=O) groups is 2. The second kappa shape index (κ2) is 6.61. The molecule has 0 aromatic heterocycles. The molecule has 1 fully saturated rings. The Morgan fingerprint density at radius 1 is 1.45 bits per heavy atom. The number of aldehydes is 1. The number of anilines is 1. The first-order valence-corrected chi connectivity index (χ1v) is 6.82. The van der Waals surface area contributed by atoms with Gasteiger partial charge >= 0.3 is 0 Å². The molecule has 1 aromatic rings. The molecule has 1 saturated heterocycles. The Hall–Kier alpha value is -1.75. The van der Waals surface area contributed by atoms with E-state index in [-0.39, 0.29) is 24.2 Å². The van der Waals surface area contributed by atoms with Gasteiger partial charge in [-0.15, -0.1) is 0 Å². The fraction of sp³-hybridized carbons (Fsp3) is 0.467. The van der Waals surface area contributed by atoms with E-state index in [1.54, 1.807) is 19.1 Å². The zero-order valence-corrected chi connectivity index (χ0v) is 11.6. The molecular formula is C15H19FN2O2. The van der Waals surface area contributed by atoms with Crippen molar-refractivity contribution in [3.8, 4) is 0 Å². The topological polar surface area (TPSA) is 49.4 Å². The minimum atomic E-state index is -0.324. The minimum Gasteiger partial charge on any atom is -0.325 e. The van der Waals surface area contributed by atoms with Gasteiger partial charge in [0.15, 0.2) is 0 Å². The Kier molecular flexibility index (Phi) is 4.84. The number of rotatable bonds is 4. The highest BCUT2D eigenvalue weighted by Crippen LogP contribution is 2.16. The lowest BCUT2D eigenvalue weighted by Crippen LogP contribution is -2.39. The van der Waals surface area contributed by atoms with Crippen molar-refractivity contribution in [1.29, 1.82) is 0 Å². The van der Waals surface area contributed by atoms with E-state index in [1.807, 2.05) is 4.90 Å². The molecule has 1 aliphatic heterocycles. The summed E-state index contributed by atoms with van der Waals surface area (Å²) in [7, 11) is 0. The van der Waals surface area contributed by atoms with Gasteiger partial charge in [0.2, 0.25) is 5.91 Å². The monoisotopic (exact) mass is 278 g/mol. The normalized spacial score (nSPS) is 16.9. The Balaban J connectivity index is 1.83. The summed E-state index contributed by atoms with van der Waals surface area (Å²) in [5.41, 5.74) is 1.03. The summed E-state index contributed by atoms with van der Waals surface area (Å²) in [6.45, 7) is 3.46. The molecule has 0 unspecified atom stereocenters. The molecule has 0 saturated carbocycles. The summed E-state index contributed by atoms with van der Waals surface area (Å²) in [6, 6.07) is 4.65. The van der Waals surface area contributed by atoms with Gasteiger partial charge in [0.1, 0.15) is 12.1 Å². The number of amides is 1. The summed E-state index contributed by atoms with van der Waals surface area (Å²) >= 11 is 0. The third-order valence-electron chi connectivity index (χ3n) is 3.65. The van der Waals surface area contributed by atoms with Gasteiger partial charge in [0, 0.05) is 11.6 Å². The lowest BCUT2D eigenvalue weighted by atomic mass is 9.99. The highest BCUT2D eigenvalue weighted by molar-refractivity contribution is 5.92. The summed E-state index contributed by atoms with van der Waals surface area (Å²) < 4.78 is 13.4. The number of piperidine rings is 1. The predicted molar refractivity (Wildman–Crippen MR) is 75.0 cm³/mol. The van der Waals surface area contributed by atoms with Crippen molar-refractivity contribution in [1.82, 2.24) is 4.90 Å². The maximum absolute atomic E-state index is 13.4. The fourth-order valence-electron chi connectivity index (χ4n) is 2.32. The van der Waals surface area contributed by atoms with Crippen LogP contribution in [0.25, 0.3) is 0 Å². The van der Waals surface area contributed by atoms with Crippen LogP contribution in [-0.4, -0.2) is 36.7 Å². The van der Waals surface area contributed by atoms with Crippen molar-refractivity contribution >= 4 is 17.9 Å². The van der Waals surface area contributed by atoms with Gasteiger partial charge in [0.25, 0.3) is 0 Å². The van der Waals surface area contributed by atoms with Crippen molar-refractivity contribution in [2.45, 2.75) is 19.8 Å². The summed E-state index contributed by atoms with van der Waals surface area (Å²) in [5, 5.41) is 2.69. The highest BCUT2D eigenvalue weighted by Gasteiger charge is 2.20. The first kappa shape index (κ1) is 14.7. The molecule has 4 nitrogen and oxygen atoms in total. The van der Waals surface area contributed by atoms with Gasteiger partial charge in [-0.1, -0.05) is 6.07 Å². The van der Waals surface area contributed by atoms with Crippen molar-refractivity contribution < 1.29 is 14.0 Å². The Bertz CT molecular complexity index is 497. The number of hydrogen-bond donors (Lipinski definition) is 1. The summed E-state index contributed by atoms with van der Waals surface area (Å²) in [5.74, 6) is -0.354. The second-order valence-corrected chi connectivity index (χ2v) is 5.26. The molecular weight excluding hydrogens is 259 g/mol. The van der Waals surface area contributed by atoms with Crippen LogP contribution in [0.15, 0.2) is 18.2 Å². The molecule has 1 amide bonds. The molecule has 1 aliphatic rings. The molecule has 1 aromatic carbocycles. The first-order chi connectivity index (χ1) is 9.58. The van der Waals surface area contributed by atoms with Crippen LogP contribution in [0.4, 0.5) is 10.1 Å². The largest absolute Gasteiger partial charge is 0.325 e. The number of halogens is 1. The van der Waals surface area contributed by atoms with Crippen molar-refractivity contribution in [3.63, 3.8) is 0 Å². The van der Waals surface area contributed by atoms with E-state index in [1.165, 1.54) is 6.07 Å². The third-order valence-corrected chi connectivity index (χ3v) is 3.65. The van der Waals surface area contributed by atoms with E-state index in [0.717, 1.165) is 32.2 Å². The van der Waals surface area contributed by atoms with Gasteiger partial charge in [-0.3, -0.25) is 9.69 Å². The Morgan fingerprint density at radius 3 is 2.75 bits per heavy atom. The molecule has 108 valence electrons. The molecule has 0 aliphatic carbocycles. The van der Waals surface area contributed by atoms with Crippen LogP contribution < -0.4 is 5.32 Å². The summed E-state index contributed by atoms with van der Waals surface area (Å²) in [6.07, 6.45) is 2.60. The minimum absolute atomic E-state index is 0.125. The van der Waals surface area contributed by atoms with E-state index in [4.69, 9.17) is 0 Å². The number of carbonyl (C=O) groups excluding carboxylic acids is 2. The van der Waals surface area contributed by atoms with Gasteiger partial charge in [-0.25, -0.2) is 4.39 Å². The van der Waals surface area contributed by atoms with Crippen LogP contribution in [0.1, 0.15) is 18.4 Å². The average Bonchev–Trinajstić information content (AvgIpc) is 2.44. The zero-order valence-electron chi connectivity index (χ0n) is 11.6. The average molecular weight is 278 g/mol. The standard InChI is InChI=1S/C15H19FN2O2/c1-11-2-3-13(8-14(11)16)17-15(20)9-18-6-4-12(10-19)5-7-18/h2-3,8,10,12H,4-7,9H2,1H3,(H,17,20). The van der Waals surface area contributed by atoms with Crippen LogP contribution >= 0.6 is 0 Å². The van der Waals surface area contributed by atoms with E-state index in [2.05, 4.69) is 5.32 Å². The molecule has 20 heavy (non-hydrogen) atoms. The van der Waals surface area contributed by atoms with Crippen molar-refractivity contribution in [3.05, 3.63) is 29.6 Å². The lowest BCUT2D eigenvalue weighted by molar-refractivity contribution is -0.117. The zero-order chi connectivity index (χ0) is 14.5. The van der Waals surface area contributed by atoms with Crippen molar-refractivity contribution in [2.75, 3.05) is 25.0 Å². The highest BCUT2D eigenvalue weighted by atomic mass is 19.1. The van der Waals surface area contributed by atoms with Crippen LogP contribution in [0.3, 0.4) is 0 Å². The number of nitrogens with one attached hydrogen (secondary N) is 1.